The maximum absolute atomic E-state index is 13.6. The molecule has 0 radical (unpaired) electrons. The second kappa shape index (κ2) is 9.48. The first-order valence-corrected chi connectivity index (χ1v) is 12.6. The number of nitrogens with one attached hydrogen (secondary N) is 2. The first-order chi connectivity index (χ1) is 17.8. The van der Waals surface area contributed by atoms with Gasteiger partial charge in [0, 0.05) is 28.3 Å². The monoisotopic (exact) mass is 536 g/mol. The quantitative estimate of drug-likeness (QED) is 0.216. The van der Waals surface area contributed by atoms with Gasteiger partial charge in [-0.2, -0.15) is 10.2 Å². The number of non-ortho nitro benzene ring substituents is 1. The van der Waals surface area contributed by atoms with Gasteiger partial charge in [0.1, 0.15) is 17.9 Å². The summed E-state index contributed by atoms with van der Waals surface area (Å²) < 4.78 is 28.2. The van der Waals surface area contributed by atoms with Crippen LogP contribution in [-0.4, -0.2) is 42.2 Å². The molecule has 0 bridgehead atoms. The number of carbonyl (C=O) groups is 1. The number of benzene rings is 3. The van der Waals surface area contributed by atoms with Crippen molar-refractivity contribution in [3.8, 4) is 22.5 Å². The van der Waals surface area contributed by atoms with E-state index in [2.05, 4.69) is 20.7 Å². The number of fused-ring (bicyclic) bond motifs is 3. The van der Waals surface area contributed by atoms with Crippen molar-refractivity contribution in [3.05, 3.63) is 93.5 Å². The molecule has 4 aromatic rings. The van der Waals surface area contributed by atoms with Crippen LogP contribution in [0.4, 0.5) is 11.4 Å². The lowest BCUT2D eigenvalue weighted by Crippen LogP contribution is -2.41. The molecule has 3 aromatic carbocycles. The van der Waals surface area contributed by atoms with E-state index in [0.717, 1.165) is 4.31 Å². The van der Waals surface area contributed by atoms with E-state index in [9.17, 15) is 23.3 Å². The number of aromatic amines is 1. The van der Waals surface area contributed by atoms with Crippen LogP contribution in [0.25, 0.3) is 22.5 Å². The summed E-state index contributed by atoms with van der Waals surface area (Å²) in [5, 5.41) is 22.3. The molecule has 2 N–H and O–H groups in total. The third-order valence-corrected chi connectivity index (χ3v) is 7.65. The number of aromatic nitrogens is 2. The van der Waals surface area contributed by atoms with Crippen LogP contribution in [0.15, 0.2) is 82.8 Å². The minimum Gasteiger partial charge on any atom is -0.275 e. The number of nitro groups is 1. The highest BCUT2D eigenvalue weighted by Crippen LogP contribution is 2.46. The highest BCUT2D eigenvalue weighted by molar-refractivity contribution is 7.93. The van der Waals surface area contributed by atoms with Gasteiger partial charge in [0.15, 0.2) is 0 Å². The topological polar surface area (TPSA) is 151 Å². The van der Waals surface area contributed by atoms with Crippen molar-refractivity contribution in [1.29, 1.82) is 0 Å². The van der Waals surface area contributed by atoms with Crippen molar-refractivity contribution in [2.75, 3.05) is 10.8 Å². The lowest BCUT2D eigenvalue weighted by atomic mass is 10.1. The molecule has 1 aliphatic rings. The Hall–Kier alpha value is -4.55. The summed E-state index contributed by atoms with van der Waals surface area (Å²) in [6.45, 7) is -0.575. The molecule has 0 atom stereocenters. The van der Waals surface area contributed by atoms with Crippen molar-refractivity contribution in [3.63, 3.8) is 0 Å². The number of nitro benzene ring substituents is 1. The van der Waals surface area contributed by atoms with E-state index in [-0.39, 0.29) is 16.3 Å². The van der Waals surface area contributed by atoms with Gasteiger partial charge in [-0.25, -0.2) is 13.8 Å². The molecule has 1 aliphatic heterocycles. The molecule has 0 fully saturated rings. The molecule has 1 aromatic heterocycles. The van der Waals surface area contributed by atoms with Crippen molar-refractivity contribution >= 4 is 45.1 Å². The van der Waals surface area contributed by atoms with Crippen LogP contribution >= 0.6 is 11.6 Å². The average molecular weight is 537 g/mol. The second-order valence-electron chi connectivity index (χ2n) is 7.96. The zero-order valence-corrected chi connectivity index (χ0v) is 20.4. The standard InChI is InChI=1S/C24H17ClN6O5S/c25-17-5-3-4-16(12-17)22-24-23(29-28-22)19-6-1-2-7-20(19)37(35,36)30(24)14-21(32)27-26-13-15-8-10-18(11-9-15)31(33)34/h1-13H,14H2,(H,27,32)(H,28,29). The van der Waals surface area contributed by atoms with E-state index in [4.69, 9.17) is 11.6 Å². The summed E-state index contributed by atoms with van der Waals surface area (Å²) in [5.74, 6) is -0.703. The molecule has 13 heteroatoms. The summed E-state index contributed by atoms with van der Waals surface area (Å²) in [7, 11) is -4.13. The number of carbonyl (C=O) groups excluding carboxylic acids is 1. The molecule has 186 valence electrons. The van der Waals surface area contributed by atoms with Crippen LogP contribution in [0, 0.1) is 10.1 Å². The Labute approximate surface area is 215 Å². The van der Waals surface area contributed by atoms with Crippen molar-refractivity contribution < 1.29 is 18.1 Å². The zero-order chi connectivity index (χ0) is 26.2. The Morgan fingerprint density at radius 2 is 1.89 bits per heavy atom. The van der Waals surface area contributed by atoms with E-state index in [1.54, 1.807) is 42.5 Å². The average Bonchev–Trinajstić information content (AvgIpc) is 3.32. The number of hydrogen-bond donors (Lipinski definition) is 2. The Balaban J connectivity index is 1.47. The number of H-pyrrole nitrogens is 1. The summed E-state index contributed by atoms with van der Waals surface area (Å²) in [5.41, 5.74) is 4.72. The van der Waals surface area contributed by atoms with E-state index in [1.807, 2.05) is 0 Å². The smallest absolute Gasteiger partial charge is 0.269 e. The van der Waals surface area contributed by atoms with Crippen LogP contribution in [-0.2, 0) is 14.8 Å². The number of nitrogens with zero attached hydrogens (tertiary/aromatic N) is 4. The predicted octanol–water partition coefficient (Wildman–Crippen LogP) is 3.96. The predicted molar refractivity (Wildman–Crippen MR) is 138 cm³/mol. The molecular formula is C24H17ClN6O5S. The van der Waals surface area contributed by atoms with Gasteiger partial charge in [0.25, 0.3) is 21.6 Å². The molecular weight excluding hydrogens is 520 g/mol. The van der Waals surface area contributed by atoms with Gasteiger partial charge >= 0.3 is 0 Å². The molecule has 37 heavy (non-hydrogen) atoms. The summed E-state index contributed by atoms with van der Waals surface area (Å²) in [6.07, 6.45) is 1.29. The SMILES string of the molecule is O=C(CN1c2c(-c3cccc(Cl)c3)n[nH]c2-c2ccccc2S1(=O)=O)NN=Cc1ccc([N+](=O)[O-])cc1. The molecule has 1 amide bonds. The Morgan fingerprint density at radius 3 is 2.62 bits per heavy atom. The maximum Gasteiger partial charge on any atom is 0.269 e. The van der Waals surface area contributed by atoms with Gasteiger partial charge in [-0.3, -0.25) is 24.3 Å². The Kier molecular flexibility index (Phi) is 6.19. The normalized spacial score (nSPS) is 13.7. The number of rotatable bonds is 6. The first kappa shape index (κ1) is 24.2. The second-order valence-corrected chi connectivity index (χ2v) is 10.2. The fraction of sp³-hybridized carbons (Fsp3) is 0.0417. The highest BCUT2D eigenvalue weighted by atomic mass is 35.5. The van der Waals surface area contributed by atoms with Crippen LogP contribution < -0.4 is 9.73 Å². The minimum atomic E-state index is -4.13. The molecule has 0 saturated carbocycles. The number of anilines is 1. The lowest BCUT2D eigenvalue weighted by molar-refractivity contribution is -0.384. The van der Waals surface area contributed by atoms with Gasteiger partial charge in [0.05, 0.1) is 21.7 Å². The summed E-state index contributed by atoms with van der Waals surface area (Å²) >= 11 is 6.15. The molecule has 2 heterocycles. The fourth-order valence-electron chi connectivity index (χ4n) is 3.93. The van der Waals surface area contributed by atoms with E-state index < -0.39 is 27.4 Å². The Morgan fingerprint density at radius 1 is 1.14 bits per heavy atom. The van der Waals surface area contributed by atoms with Crippen molar-refractivity contribution in [2.24, 2.45) is 5.10 Å². The van der Waals surface area contributed by atoms with Gasteiger partial charge in [-0.15, -0.1) is 0 Å². The molecule has 5 rings (SSSR count). The van der Waals surface area contributed by atoms with Gasteiger partial charge in [-0.05, 0) is 35.9 Å². The maximum atomic E-state index is 13.6. The van der Waals surface area contributed by atoms with E-state index >= 15 is 0 Å². The van der Waals surface area contributed by atoms with Crippen molar-refractivity contribution in [2.45, 2.75) is 4.90 Å². The van der Waals surface area contributed by atoms with E-state index in [1.165, 1.54) is 36.5 Å². The Bertz CT molecular complexity index is 1670. The number of hydrazone groups is 1. The molecule has 0 spiro atoms. The molecule has 0 aliphatic carbocycles. The third-order valence-electron chi connectivity index (χ3n) is 5.61. The molecule has 0 saturated heterocycles. The van der Waals surface area contributed by atoms with E-state index in [0.29, 0.717) is 33.1 Å². The van der Waals surface area contributed by atoms with Gasteiger partial charge in [0.2, 0.25) is 0 Å². The van der Waals surface area contributed by atoms with Crippen LogP contribution in [0.3, 0.4) is 0 Å². The van der Waals surface area contributed by atoms with Crippen molar-refractivity contribution in [1.82, 2.24) is 15.6 Å². The number of amides is 1. The highest BCUT2D eigenvalue weighted by Gasteiger charge is 2.39. The summed E-state index contributed by atoms with van der Waals surface area (Å²) in [6, 6.07) is 18.8. The molecule has 11 nitrogen and oxygen atoms in total. The number of halogens is 1. The van der Waals surface area contributed by atoms with Gasteiger partial charge in [-0.1, -0.05) is 41.9 Å². The lowest BCUT2D eigenvalue weighted by Gasteiger charge is -2.29. The first-order valence-electron chi connectivity index (χ1n) is 10.8. The van der Waals surface area contributed by atoms with Crippen LogP contribution in [0.2, 0.25) is 5.02 Å². The third kappa shape index (κ3) is 4.55. The van der Waals surface area contributed by atoms with Gasteiger partial charge < -0.3 is 0 Å². The summed E-state index contributed by atoms with van der Waals surface area (Å²) in [4.78, 5) is 23.1. The largest absolute Gasteiger partial charge is 0.275 e. The molecule has 0 unspecified atom stereocenters. The number of hydrogen-bond acceptors (Lipinski definition) is 7. The van der Waals surface area contributed by atoms with Crippen LogP contribution in [0.5, 0.6) is 0 Å². The van der Waals surface area contributed by atoms with Crippen LogP contribution in [0.1, 0.15) is 5.56 Å². The zero-order valence-electron chi connectivity index (χ0n) is 18.8. The minimum absolute atomic E-state index is 0.0333. The fourth-order valence-corrected chi connectivity index (χ4v) is 5.76. The number of sulfonamides is 1.